The van der Waals surface area contributed by atoms with E-state index in [1.807, 2.05) is 34.9 Å². The maximum atomic E-state index is 10.6. The van der Waals surface area contributed by atoms with Crippen molar-refractivity contribution in [3.05, 3.63) is 30.6 Å². The van der Waals surface area contributed by atoms with Gasteiger partial charge in [-0.05, 0) is 92.1 Å². The van der Waals surface area contributed by atoms with Gasteiger partial charge in [0.15, 0.2) is 17.0 Å². The lowest BCUT2D eigenvalue weighted by molar-refractivity contribution is -0.137. The van der Waals surface area contributed by atoms with Crippen molar-refractivity contribution >= 4 is 63.0 Å². The molecule has 3 heterocycles. The van der Waals surface area contributed by atoms with E-state index in [1.165, 1.54) is 0 Å². The summed E-state index contributed by atoms with van der Waals surface area (Å²) in [4.78, 5) is 27.0. The zero-order valence-corrected chi connectivity index (χ0v) is 23.6. The van der Waals surface area contributed by atoms with Crippen molar-refractivity contribution in [3.8, 4) is 5.75 Å². The number of carbonyl (C=O) groups is 1. The van der Waals surface area contributed by atoms with Gasteiger partial charge in [0.25, 0.3) is 0 Å². The van der Waals surface area contributed by atoms with Crippen molar-refractivity contribution in [1.29, 1.82) is 0 Å². The number of anilines is 3. The largest absolute Gasteiger partial charge is 0.494 e. The molecule has 3 N–H and O–H groups in total. The first-order valence-corrected chi connectivity index (χ1v) is 16.4. The molecule has 0 amide bonds. The van der Waals surface area contributed by atoms with E-state index in [9.17, 15) is 4.79 Å². The number of hydrogen-bond acceptors (Lipinski definition) is 8. The number of hydrogen-bond donors (Lipinski definition) is 3. The van der Waals surface area contributed by atoms with Crippen molar-refractivity contribution in [3.63, 3.8) is 0 Å². The number of ether oxygens (including phenoxy) is 1. The molecule has 1 atom stereocenters. The summed E-state index contributed by atoms with van der Waals surface area (Å²) in [5.74, 6) is 1.38. The van der Waals surface area contributed by atoms with Crippen molar-refractivity contribution < 1.29 is 14.6 Å². The summed E-state index contributed by atoms with van der Waals surface area (Å²) in [6.07, 6.45) is 8.21. The van der Waals surface area contributed by atoms with Gasteiger partial charge in [-0.1, -0.05) is 12.8 Å². The first-order valence-electron chi connectivity index (χ1n) is 12.3. The molecule has 1 unspecified atom stereocenters. The summed E-state index contributed by atoms with van der Waals surface area (Å²) < 4.78 is 7.87. The average molecular weight is 625 g/mol. The molecule has 3 aromatic rings. The molecule has 1 aromatic carbocycles. The molecule has 0 aliphatic carbocycles. The van der Waals surface area contributed by atoms with Gasteiger partial charge in [-0.25, -0.2) is 4.98 Å². The molecule has 1 aliphatic rings. The lowest BCUT2D eigenvalue weighted by Gasteiger charge is -2.29. The summed E-state index contributed by atoms with van der Waals surface area (Å²) in [6, 6.07) is 8.14. The summed E-state index contributed by atoms with van der Waals surface area (Å²) in [6.45, 7) is 2.76. The first-order chi connectivity index (χ1) is 17.5. The van der Waals surface area contributed by atoms with Crippen LogP contribution < -0.4 is 15.4 Å². The van der Waals surface area contributed by atoms with Crippen LogP contribution in [0.2, 0.25) is 0 Å². The third-order valence-electron chi connectivity index (χ3n) is 6.21. The lowest BCUT2D eigenvalue weighted by Crippen LogP contribution is -2.37. The minimum Gasteiger partial charge on any atom is -0.494 e. The Hall–Kier alpha value is -2.24. The lowest BCUT2D eigenvalue weighted by atomic mass is 10.1. The second-order valence-electron chi connectivity index (χ2n) is 9.04. The van der Waals surface area contributed by atoms with Gasteiger partial charge < -0.3 is 25.4 Å². The number of benzene rings is 1. The SMILES string of the molecule is CN1CCC(Nc2nc(Nc3ccc(OCCCCCCC(=O)O)cc3)nc3c2ncn3PI)CC1. The molecule has 2 aromatic heterocycles. The predicted octanol–water partition coefficient (Wildman–Crippen LogP) is 5.28. The number of nitrogens with zero attached hydrogens (tertiary/aromatic N) is 5. The number of aromatic nitrogens is 4. The number of imidazole rings is 1. The maximum Gasteiger partial charge on any atom is 0.303 e. The highest BCUT2D eigenvalue weighted by Gasteiger charge is 2.20. The number of unbranched alkanes of at least 4 members (excludes halogenated alkanes) is 3. The zero-order valence-electron chi connectivity index (χ0n) is 20.4. The number of fused-ring (bicyclic) bond motifs is 1. The Balaban J connectivity index is 1.36. The third kappa shape index (κ3) is 7.63. The molecule has 0 saturated carbocycles. The fourth-order valence-corrected chi connectivity index (χ4v) is 5.55. The van der Waals surface area contributed by atoms with Crippen LogP contribution in [0.15, 0.2) is 30.6 Å². The Kier molecular flexibility index (Phi) is 9.94. The van der Waals surface area contributed by atoms with Gasteiger partial charge >= 0.3 is 5.97 Å². The molecule has 1 aliphatic heterocycles. The van der Waals surface area contributed by atoms with Crippen LogP contribution in [-0.2, 0) is 4.79 Å². The fraction of sp³-hybridized carbons (Fsp3) is 0.500. The molecule has 12 heteroatoms. The summed E-state index contributed by atoms with van der Waals surface area (Å²) in [5.41, 5.74) is 2.50. The number of likely N-dealkylation sites (tertiary alicyclic amines) is 1. The molecule has 4 rings (SSSR count). The van der Waals surface area contributed by atoms with Crippen LogP contribution in [-0.4, -0.2) is 68.1 Å². The predicted molar refractivity (Wildman–Crippen MR) is 153 cm³/mol. The summed E-state index contributed by atoms with van der Waals surface area (Å²) in [5, 5.41) is 15.6. The molecule has 194 valence electrons. The minimum atomic E-state index is -0.731. The fourth-order valence-electron chi connectivity index (χ4n) is 4.15. The van der Waals surface area contributed by atoms with Crippen LogP contribution in [0.3, 0.4) is 0 Å². The number of piperidine rings is 1. The van der Waals surface area contributed by atoms with E-state index in [0.29, 0.717) is 25.0 Å². The first kappa shape index (κ1) is 26.8. The van der Waals surface area contributed by atoms with Gasteiger partial charge in [0.05, 0.1) is 13.0 Å². The molecule has 0 spiro atoms. The zero-order chi connectivity index (χ0) is 25.3. The van der Waals surface area contributed by atoms with Gasteiger partial charge in [0.1, 0.15) is 12.1 Å². The van der Waals surface area contributed by atoms with Crippen molar-refractivity contribution in [2.45, 2.75) is 51.0 Å². The van der Waals surface area contributed by atoms with Crippen LogP contribution in [0.4, 0.5) is 17.5 Å². The molecular weight excluding hydrogens is 592 g/mol. The highest BCUT2D eigenvalue weighted by Crippen LogP contribution is 2.32. The molecule has 10 nitrogen and oxygen atoms in total. The van der Waals surface area contributed by atoms with Gasteiger partial charge in [-0.2, -0.15) is 9.97 Å². The molecule has 1 fully saturated rings. The van der Waals surface area contributed by atoms with Crippen molar-refractivity contribution in [2.75, 3.05) is 37.4 Å². The number of halogens is 1. The van der Waals surface area contributed by atoms with Gasteiger partial charge in [0.2, 0.25) is 5.95 Å². The van der Waals surface area contributed by atoms with Crippen LogP contribution in [0.5, 0.6) is 5.75 Å². The van der Waals surface area contributed by atoms with E-state index in [1.54, 1.807) is 0 Å². The van der Waals surface area contributed by atoms with Crippen LogP contribution in [0.1, 0.15) is 44.9 Å². The quantitative estimate of drug-likeness (QED) is 0.133. The summed E-state index contributed by atoms with van der Waals surface area (Å²) in [7, 11) is 2.16. The number of rotatable bonds is 13. The Bertz CT molecular complexity index is 1140. The topological polar surface area (TPSA) is 117 Å². The van der Waals surface area contributed by atoms with E-state index in [-0.39, 0.29) is 6.42 Å². The number of carboxylic acids is 1. The van der Waals surface area contributed by atoms with Crippen LogP contribution in [0.25, 0.3) is 11.2 Å². The van der Waals surface area contributed by atoms with E-state index < -0.39 is 5.97 Å². The highest BCUT2D eigenvalue weighted by atomic mass is 127. The molecule has 0 radical (unpaired) electrons. The Morgan fingerprint density at radius 1 is 1.17 bits per heavy atom. The Morgan fingerprint density at radius 2 is 1.92 bits per heavy atom. The van der Waals surface area contributed by atoms with Gasteiger partial charge in [-0.3, -0.25) is 9.13 Å². The van der Waals surface area contributed by atoms with Gasteiger partial charge in [-0.15, -0.1) is 0 Å². The standard InChI is InChI=1S/C24H33IN7O3P/c1-31-13-11-18(12-14-31)27-22-21-23(32(36-25)16-26-21)30-24(29-22)28-17-7-9-19(10-8-17)35-15-5-3-2-4-6-20(33)34/h7-10,16,18,36H,2-6,11-15H2,1H3,(H,33,34)(H2,27,28,29,30). The second kappa shape index (κ2) is 13.3. The average Bonchev–Trinajstić information content (AvgIpc) is 3.29. The highest BCUT2D eigenvalue weighted by molar-refractivity contribution is 14.2. The van der Waals surface area contributed by atoms with Gasteiger partial charge in [0, 0.05) is 18.2 Å². The second-order valence-corrected chi connectivity index (χ2v) is 11.1. The van der Waals surface area contributed by atoms with Crippen molar-refractivity contribution in [1.82, 2.24) is 24.2 Å². The van der Waals surface area contributed by atoms with E-state index in [4.69, 9.17) is 19.8 Å². The molecular formula is C24H33IN7O3P. The smallest absolute Gasteiger partial charge is 0.303 e. The number of carboxylic acid groups (broad SMARTS) is 1. The van der Waals surface area contributed by atoms with E-state index in [2.05, 4.69) is 49.6 Å². The Morgan fingerprint density at radius 3 is 2.64 bits per heavy atom. The molecule has 36 heavy (non-hydrogen) atoms. The van der Waals surface area contributed by atoms with E-state index >= 15 is 0 Å². The number of nitrogens with one attached hydrogen (secondary N) is 2. The summed E-state index contributed by atoms with van der Waals surface area (Å²) >= 11 is 2.34. The van der Waals surface area contributed by atoms with Crippen molar-refractivity contribution in [2.24, 2.45) is 0 Å². The minimum absolute atomic E-state index is 0.239. The molecule has 1 saturated heterocycles. The maximum absolute atomic E-state index is 10.6. The Labute approximate surface area is 225 Å². The van der Waals surface area contributed by atoms with Crippen LogP contribution >= 0.6 is 28.4 Å². The number of aliphatic carboxylic acids is 1. The molecule has 0 bridgehead atoms. The monoisotopic (exact) mass is 625 g/mol. The third-order valence-corrected chi connectivity index (χ3v) is 8.28. The normalized spacial score (nSPS) is 15.1. The van der Waals surface area contributed by atoms with Crippen LogP contribution in [0, 0.1) is 0 Å². The van der Waals surface area contributed by atoms with E-state index in [0.717, 1.165) is 80.0 Å².